The second-order valence-corrected chi connectivity index (χ2v) is 5.44. The topological polar surface area (TPSA) is 61.4 Å². The van der Waals surface area contributed by atoms with Gasteiger partial charge in [-0.15, -0.1) is 11.8 Å². The molecular formula is C12H15ClF2N2O2S. The quantitative estimate of drug-likeness (QED) is 0.704. The Balaban J connectivity index is 2.78. The number of amides is 2. The van der Waals surface area contributed by atoms with Gasteiger partial charge in [-0.2, -0.15) is 0 Å². The SMILES string of the molecule is CC(CO)NC(=O)Nc1cccc(Cl)c1SCC(F)F. The van der Waals surface area contributed by atoms with E-state index < -0.39 is 24.3 Å². The molecule has 1 unspecified atom stereocenters. The molecule has 0 heterocycles. The van der Waals surface area contributed by atoms with Gasteiger partial charge in [0.05, 0.1) is 29.1 Å². The summed E-state index contributed by atoms with van der Waals surface area (Å²) in [5.41, 5.74) is 0.353. The number of rotatable bonds is 6. The summed E-state index contributed by atoms with van der Waals surface area (Å²) >= 11 is 6.83. The first kappa shape index (κ1) is 17.0. The second kappa shape index (κ2) is 8.28. The van der Waals surface area contributed by atoms with E-state index in [1.807, 2.05) is 0 Å². The molecule has 0 spiro atoms. The normalized spacial score (nSPS) is 12.3. The Morgan fingerprint density at radius 2 is 2.20 bits per heavy atom. The highest BCUT2D eigenvalue weighted by molar-refractivity contribution is 7.99. The number of alkyl halides is 2. The standard InChI is InChI=1S/C12H15ClF2N2O2S/c1-7(5-18)16-12(19)17-9-4-2-3-8(13)11(9)20-6-10(14)15/h2-4,7,10,18H,5-6H2,1H3,(H2,16,17,19). The van der Waals surface area contributed by atoms with Crippen LogP contribution in [0.25, 0.3) is 0 Å². The minimum Gasteiger partial charge on any atom is -0.394 e. The molecule has 0 aliphatic rings. The molecule has 1 aromatic rings. The first-order chi connectivity index (χ1) is 9.43. The minimum atomic E-state index is -2.47. The zero-order valence-electron chi connectivity index (χ0n) is 10.7. The van der Waals surface area contributed by atoms with E-state index in [1.165, 1.54) is 0 Å². The average molecular weight is 325 g/mol. The van der Waals surface area contributed by atoms with Gasteiger partial charge in [-0.3, -0.25) is 0 Å². The van der Waals surface area contributed by atoms with Crippen LogP contribution in [0, 0.1) is 0 Å². The molecule has 0 radical (unpaired) electrons. The maximum Gasteiger partial charge on any atom is 0.319 e. The third kappa shape index (κ3) is 5.52. The number of hydrogen-bond acceptors (Lipinski definition) is 3. The van der Waals surface area contributed by atoms with Gasteiger partial charge in [0.15, 0.2) is 0 Å². The second-order valence-electron chi connectivity index (χ2n) is 4.00. The minimum absolute atomic E-state index is 0.198. The summed E-state index contributed by atoms with van der Waals surface area (Å²) in [6, 6.07) is 3.80. The van der Waals surface area contributed by atoms with Crippen molar-refractivity contribution in [2.75, 3.05) is 17.7 Å². The number of carbonyl (C=O) groups excluding carboxylic acids is 1. The Morgan fingerprint density at radius 1 is 1.50 bits per heavy atom. The Labute approximate surface area is 124 Å². The number of benzene rings is 1. The van der Waals surface area contributed by atoms with Gasteiger partial charge in [0.1, 0.15) is 0 Å². The number of urea groups is 1. The van der Waals surface area contributed by atoms with Gasteiger partial charge < -0.3 is 15.7 Å². The maximum atomic E-state index is 12.3. The number of thioether (sulfide) groups is 1. The van der Waals surface area contributed by atoms with Crippen molar-refractivity contribution in [2.45, 2.75) is 24.3 Å². The molecular weight excluding hydrogens is 310 g/mol. The van der Waals surface area contributed by atoms with Crippen molar-refractivity contribution in [2.24, 2.45) is 0 Å². The zero-order chi connectivity index (χ0) is 15.1. The molecule has 4 nitrogen and oxygen atoms in total. The Kier molecular flexibility index (Phi) is 7.04. The molecule has 0 saturated heterocycles. The number of aliphatic hydroxyl groups is 1. The molecule has 1 atom stereocenters. The van der Waals surface area contributed by atoms with Crippen molar-refractivity contribution in [3.8, 4) is 0 Å². The number of hydrogen-bond donors (Lipinski definition) is 3. The van der Waals surface area contributed by atoms with Crippen LogP contribution in [-0.4, -0.2) is 36.0 Å². The van der Waals surface area contributed by atoms with Gasteiger partial charge in [0, 0.05) is 4.90 Å². The lowest BCUT2D eigenvalue weighted by atomic mass is 10.3. The van der Waals surface area contributed by atoms with E-state index in [4.69, 9.17) is 16.7 Å². The number of aliphatic hydroxyl groups excluding tert-OH is 1. The number of carbonyl (C=O) groups is 1. The summed E-state index contributed by atoms with van der Waals surface area (Å²) in [6.45, 7) is 1.43. The van der Waals surface area contributed by atoms with Gasteiger partial charge in [0.25, 0.3) is 0 Å². The molecule has 1 aromatic carbocycles. The van der Waals surface area contributed by atoms with Crippen molar-refractivity contribution in [3.05, 3.63) is 23.2 Å². The van der Waals surface area contributed by atoms with E-state index in [9.17, 15) is 13.6 Å². The number of nitrogens with one attached hydrogen (secondary N) is 2. The van der Waals surface area contributed by atoms with Crippen molar-refractivity contribution < 1.29 is 18.7 Å². The van der Waals surface area contributed by atoms with Crippen LogP contribution >= 0.6 is 23.4 Å². The third-order valence-electron chi connectivity index (χ3n) is 2.22. The number of anilines is 1. The smallest absolute Gasteiger partial charge is 0.319 e. The van der Waals surface area contributed by atoms with Crippen LogP contribution in [-0.2, 0) is 0 Å². The van der Waals surface area contributed by atoms with E-state index >= 15 is 0 Å². The van der Waals surface area contributed by atoms with E-state index in [-0.39, 0.29) is 6.61 Å². The first-order valence-electron chi connectivity index (χ1n) is 5.82. The van der Waals surface area contributed by atoms with Crippen molar-refractivity contribution >= 4 is 35.1 Å². The molecule has 3 N–H and O–H groups in total. The highest BCUT2D eigenvalue weighted by atomic mass is 35.5. The van der Waals surface area contributed by atoms with Crippen LogP contribution in [0.1, 0.15) is 6.92 Å². The molecule has 20 heavy (non-hydrogen) atoms. The molecule has 112 valence electrons. The van der Waals surface area contributed by atoms with Crippen LogP contribution in [0.3, 0.4) is 0 Å². The summed E-state index contributed by atoms with van der Waals surface area (Å²) in [6.07, 6.45) is -2.47. The summed E-state index contributed by atoms with van der Waals surface area (Å²) in [5.74, 6) is -0.410. The third-order valence-corrected chi connectivity index (χ3v) is 3.79. The molecule has 0 aliphatic carbocycles. The number of halogens is 3. The Bertz CT molecular complexity index is 463. The fourth-order valence-electron chi connectivity index (χ4n) is 1.33. The maximum absolute atomic E-state index is 12.3. The van der Waals surface area contributed by atoms with Crippen molar-refractivity contribution in [3.63, 3.8) is 0 Å². The summed E-state index contributed by atoms with van der Waals surface area (Å²) in [4.78, 5) is 12.0. The largest absolute Gasteiger partial charge is 0.394 e. The predicted octanol–water partition coefficient (Wildman–Crippen LogP) is 3.20. The summed E-state index contributed by atoms with van der Waals surface area (Å²) < 4.78 is 24.5. The highest BCUT2D eigenvalue weighted by Crippen LogP contribution is 2.35. The van der Waals surface area contributed by atoms with Gasteiger partial charge in [0.2, 0.25) is 6.43 Å². The van der Waals surface area contributed by atoms with Gasteiger partial charge in [-0.05, 0) is 19.1 Å². The summed E-state index contributed by atoms with van der Waals surface area (Å²) in [7, 11) is 0. The van der Waals surface area contributed by atoms with Gasteiger partial charge in [-0.1, -0.05) is 17.7 Å². The monoisotopic (exact) mass is 324 g/mol. The molecule has 8 heteroatoms. The molecule has 0 fully saturated rings. The van der Waals surface area contributed by atoms with Crippen molar-refractivity contribution in [1.29, 1.82) is 0 Å². The van der Waals surface area contributed by atoms with Gasteiger partial charge >= 0.3 is 6.03 Å². The highest BCUT2D eigenvalue weighted by Gasteiger charge is 2.14. The van der Waals surface area contributed by atoms with Crippen molar-refractivity contribution in [1.82, 2.24) is 5.32 Å². The average Bonchev–Trinajstić information content (AvgIpc) is 2.37. The molecule has 2 amide bonds. The molecule has 0 bridgehead atoms. The Morgan fingerprint density at radius 3 is 2.80 bits per heavy atom. The molecule has 1 rings (SSSR count). The van der Waals surface area contributed by atoms with Crippen LogP contribution in [0.15, 0.2) is 23.1 Å². The molecule has 0 saturated carbocycles. The molecule has 0 aromatic heterocycles. The van der Waals surface area contributed by atoms with E-state index in [0.717, 1.165) is 11.8 Å². The lowest BCUT2D eigenvalue weighted by molar-refractivity contribution is 0.177. The van der Waals surface area contributed by atoms with Crippen LogP contribution in [0.2, 0.25) is 5.02 Å². The lowest BCUT2D eigenvalue weighted by Crippen LogP contribution is -2.38. The van der Waals surface area contributed by atoms with Gasteiger partial charge in [-0.25, -0.2) is 13.6 Å². The fourth-order valence-corrected chi connectivity index (χ4v) is 2.44. The van der Waals surface area contributed by atoms with Crippen LogP contribution in [0.5, 0.6) is 0 Å². The van der Waals surface area contributed by atoms with Crippen LogP contribution < -0.4 is 10.6 Å². The lowest BCUT2D eigenvalue weighted by Gasteiger charge is -2.15. The predicted molar refractivity (Wildman–Crippen MR) is 76.9 cm³/mol. The summed E-state index contributed by atoms with van der Waals surface area (Å²) in [5, 5.41) is 14.2. The van der Waals surface area contributed by atoms with Crippen LogP contribution in [0.4, 0.5) is 19.3 Å². The first-order valence-corrected chi connectivity index (χ1v) is 7.18. The van der Waals surface area contributed by atoms with E-state index in [1.54, 1.807) is 25.1 Å². The Hall–Kier alpha value is -1.05. The van der Waals surface area contributed by atoms with E-state index in [0.29, 0.717) is 15.6 Å². The van der Waals surface area contributed by atoms with E-state index in [2.05, 4.69) is 10.6 Å². The zero-order valence-corrected chi connectivity index (χ0v) is 12.3. The fraction of sp³-hybridized carbons (Fsp3) is 0.417. The molecule has 0 aliphatic heterocycles.